The van der Waals surface area contributed by atoms with Crippen LogP contribution in [0, 0.1) is 0 Å². The summed E-state index contributed by atoms with van der Waals surface area (Å²) >= 11 is 0. The van der Waals surface area contributed by atoms with Gasteiger partial charge >= 0.3 is 0 Å². The Morgan fingerprint density at radius 3 is 2.73 bits per heavy atom. The van der Waals surface area contributed by atoms with Crippen LogP contribution in [0.1, 0.15) is 19.5 Å². The first-order valence-electron chi connectivity index (χ1n) is 3.45. The Kier molecular flexibility index (Phi) is 5.20. The van der Waals surface area contributed by atoms with Gasteiger partial charge in [-0.3, -0.25) is 4.99 Å². The molecule has 0 aliphatic carbocycles. The van der Waals surface area contributed by atoms with Gasteiger partial charge in [-0.2, -0.15) is 0 Å². The van der Waals surface area contributed by atoms with E-state index in [1.165, 1.54) is 0 Å². The molecule has 2 nitrogen and oxygen atoms in total. The minimum Gasteiger partial charge on any atom is -0.360 e. The summed E-state index contributed by atoms with van der Waals surface area (Å²) in [5.41, 5.74) is 1.06. The van der Waals surface area contributed by atoms with E-state index in [1.807, 2.05) is 24.5 Å². The molecule has 0 atom stereocenters. The van der Waals surface area contributed by atoms with Gasteiger partial charge in [0.15, 0.2) is 0 Å². The van der Waals surface area contributed by atoms with Crippen LogP contribution in [-0.4, -0.2) is 17.2 Å². The molecule has 59 valence electrons. The van der Waals surface area contributed by atoms with Crippen LogP contribution in [0.5, 0.6) is 0 Å². The molecule has 0 fully saturated rings. The third-order valence-electron chi connectivity index (χ3n) is 1.13. The molecule has 0 unspecified atom stereocenters. The van der Waals surface area contributed by atoms with Crippen molar-refractivity contribution in [3.05, 3.63) is 24.0 Å². The molecule has 1 aromatic heterocycles. The fraction of sp³-hybridized carbons (Fsp3) is 0.375. The van der Waals surface area contributed by atoms with Crippen LogP contribution < -0.4 is 0 Å². The molecule has 0 amide bonds. The van der Waals surface area contributed by atoms with Gasteiger partial charge in [-0.25, -0.2) is 0 Å². The second kappa shape index (κ2) is 5.35. The molecule has 0 saturated carbocycles. The minimum atomic E-state index is 0. The summed E-state index contributed by atoms with van der Waals surface area (Å²) in [5, 5.41) is 0. The first kappa shape index (κ1) is 10.7. The van der Waals surface area contributed by atoms with Crippen molar-refractivity contribution in [2.45, 2.75) is 19.9 Å². The van der Waals surface area contributed by atoms with Crippen molar-refractivity contribution < 1.29 is 22.4 Å². The Hall–Kier alpha value is -0.310. The predicted octanol–water partition coefficient (Wildman–Crippen LogP) is 1.84. The van der Waals surface area contributed by atoms with Gasteiger partial charge in [0.25, 0.3) is 0 Å². The van der Waals surface area contributed by atoms with Gasteiger partial charge in [0.05, 0.1) is 5.69 Å². The minimum absolute atomic E-state index is 0. The third-order valence-corrected chi connectivity index (χ3v) is 1.13. The number of aliphatic imine (C=N–C) groups is 1. The normalized spacial score (nSPS) is 10.5. The Balaban J connectivity index is 0.000001000. The SMILES string of the molecule is CC(C)N=Cc1ccc[nH]1.[Ta]. The predicted molar refractivity (Wildman–Crippen MR) is 43.5 cm³/mol. The number of nitrogens with one attached hydrogen (secondary N) is 1. The van der Waals surface area contributed by atoms with E-state index in [9.17, 15) is 0 Å². The first-order chi connectivity index (χ1) is 4.79. The second-order valence-electron chi connectivity index (χ2n) is 2.50. The summed E-state index contributed by atoms with van der Waals surface area (Å²) in [6.45, 7) is 4.11. The Morgan fingerprint density at radius 2 is 2.27 bits per heavy atom. The first-order valence-corrected chi connectivity index (χ1v) is 3.45. The van der Waals surface area contributed by atoms with Gasteiger partial charge in [0, 0.05) is 40.8 Å². The zero-order valence-electron chi connectivity index (χ0n) is 6.78. The largest absolute Gasteiger partial charge is 0.360 e. The maximum absolute atomic E-state index is 4.21. The van der Waals surface area contributed by atoms with Crippen LogP contribution in [0.25, 0.3) is 0 Å². The molecule has 0 aromatic carbocycles. The van der Waals surface area contributed by atoms with E-state index in [1.54, 1.807) is 0 Å². The third kappa shape index (κ3) is 4.19. The summed E-state index contributed by atoms with van der Waals surface area (Å²) in [4.78, 5) is 7.25. The zero-order valence-corrected chi connectivity index (χ0v) is 9.99. The number of rotatable bonds is 2. The van der Waals surface area contributed by atoms with Crippen molar-refractivity contribution in [1.82, 2.24) is 4.98 Å². The molecule has 0 saturated heterocycles. The van der Waals surface area contributed by atoms with E-state index in [0.717, 1.165) is 5.69 Å². The van der Waals surface area contributed by atoms with Gasteiger partial charge in [-0.05, 0) is 26.0 Å². The van der Waals surface area contributed by atoms with Gasteiger partial charge < -0.3 is 4.98 Å². The summed E-state index contributed by atoms with van der Waals surface area (Å²) < 4.78 is 0. The fourth-order valence-corrected chi connectivity index (χ4v) is 0.654. The number of nitrogens with zero attached hydrogens (tertiary/aromatic N) is 1. The number of aromatic amines is 1. The molecule has 1 aromatic rings. The molecule has 0 bridgehead atoms. The summed E-state index contributed by atoms with van der Waals surface area (Å²) in [6.07, 6.45) is 3.74. The second-order valence-corrected chi connectivity index (χ2v) is 2.50. The van der Waals surface area contributed by atoms with E-state index in [-0.39, 0.29) is 22.4 Å². The van der Waals surface area contributed by atoms with Crippen molar-refractivity contribution >= 4 is 6.21 Å². The Morgan fingerprint density at radius 1 is 1.55 bits per heavy atom. The molecule has 1 radical (unpaired) electrons. The smallest absolute Gasteiger partial charge is 0.0561 e. The molecule has 0 aliphatic heterocycles. The molecule has 1 heterocycles. The quantitative estimate of drug-likeness (QED) is 0.807. The van der Waals surface area contributed by atoms with E-state index < -0.39 is 0 Å². The van der Waals surface area contributed by atoms with Crippen LogP contribution in [0.4, 0.5) is 0 Å². The van der Waals surface area contributed by atoms with Crippen molar-refractivity contribution in [3.8, 4) is 0 Å². The maximum Gasteiger partial charge on any atom is 0.0561 e. The van der Waals surface area contributed by atoms with Crippen molar-refractivity contribution in [1.29, 1.82) is 0 Å². The Labute approximate surface area is 82.6 Å². The number of hydrogen-bond donors (Lipinski definition) is 1. The van der Waals surface area contributed by atoms with Gasteiger partial charge in [0.1, 0.15) is 0 Å². The van der Waals surface area contributed by atoms with Gasteiger partial charge in [-0.1, -0.05) is 0 Å². The zero-order chi connectivity index (χ0) is 7.40. The molecule has 1 rings (SSSR count). The standard InChI is InChI=1S/C8H12N2.Ta/c1-7(2)10-6-8-4-3-5-9-8;/h3-7,9H,1-2H3;. The number of aromatic nitrogens is 1. The maximum atomic E-state index is 4.21. The molecule has 3 heteroatoms. The molecule has 0 spiro atoms. The Bertz CT molecular complexity index is 202. The monoisotopic (exact) mass is 317 g/mol. The van der Waals surface area contributed by atoms with Crippen molar-refractivity contribution in [3.63, 3.8) is 0 Å². The average molecular weight is 317 g/mol. The van der Waals surface area contributed by atoms with E-state index >= 15 is 0 Å². The van der Waals surface area contributed by atoms with Crippen LogP contribution in [0.15, 0.2) is 23.3 Å². The molecule has 11 heavy (non-hydrogen) atoms. The van der Waals surface area contributed by atoms with Crippen LogP contribution in [0.2, 0.25) is 0 Å². The van der Waals surface area contributed by atoms with Crippen LogP contribution in [0.3, 0.4) is 0 Å². The summed E-state index contributed by atoms with van der Waals surface area (Å²) in [6, 6.07) is 4.33. The summed E-state index contributed by atoms with van der Waals surface area (Å²) in [7, 11) is 0. The summed E-state index contributed by atoms with van der Waals surface area (Å²) in [5.74, 6) is 0. The number of hydrogen-bond acceptors (Lipinski definition) is 1. The van der Waals surface area contributed by atoms with E-state index in [0.29, 0.717) is 6.04 Å². The molecule has 1 N–H and O–H groups in total. The van der Waals surface area contributed by atoms with Crippen LogP contribution >= 0.6 is 0 Å². The van der Waals surface area contributed by atoms with Gasteiger partial charge in [-0.15, -0.1) is 0 Å². The van der Waals surface area contributed by atoms with Crippen molar-refractivity contribution in [2.24, 2.45) is 4.99 Å². The van der Waals surface area contributed by atoms with E-state index in [4.69, 9.17) is 0 Å². The average Bonchev–Trinajstić information content (AvgIpc) is 2.34. The van der Waals surface area contributed by atoms with E-state index in [2.05, 4.69) is 23.8 Å². The number of H-pyrrole nitrogens is 1. The molecular weight excluding hydrogens is 305 g/mol. The fourth-order valence-electron chi connectivity index (χ4n) is 0.654. The van der Waals surface area contributed by atoms with Crippen LogP contribution in [-0.2, 0) is 22.4 Å². The van der Waals surface area contributed by atoms with Gasteiger partial charge in [0.2, 0.25) is 0 Å². The van der Waals surface area contributed by atoms with Crippen molar-refractivity contribution in [2.75, 3.05) is 0 Å². The molecule has 0 aliphatic rings. The molecular formula is C8H12N2Ta. The topological polar surface area (TPSA) is 28.1 Å².